The fourth-order valence-electron chi connectivity index (χ4n) is 3.97. The number of anilines is 2. The number of pyridine rings is 1. The quantitative estimate of drug-likeness (QED) is 0.299. The van der Waals surface area contributed by atoms with E-state index in [4.69, 9.17) is 11.6 Å². The molecule has 4 aromatic heterocycles. The van der Waals surface area contributed by atoms with Gasteiger partial charge in [-0.05, 0) is 36.2 Å². The highest BCUT2D eigenvalue weighted by Gasteiger charge is 2.24. The Morgan fingerprint density at radius 3 is 2.67 bits per heavy atom. The maximum absolute atomic E-state index is 15.4. The SMILES string of the molecule is Cn1nccc1Nc1nccc(-c2cc(F)n3c(C(CC(=O)O)Cc4ccc(Cl)cc4)nnc3c2)n1. The molecule has 10 nitrogen and oxygen atoms in total. The normalized spacial score (nSPS) is 12.1. The molecule has 0 aliphatic carbocycles. The first-order valence-corrected chi connectivity index (χ1v) is 11.3. The van der Waals surface area contributed by atoms with E-state index < -0.39 is 17.8 Å². The smallest absolute Gasteiger partial charge is 0.304 e. The topological polar surface area (TPSA) is 123 Å². The zero-order chi connectivity index (χ0) is 25.2. The van der Waals surface area contributed by atoms with Gasteiger partial charge in [-0.15, -0.1) is 10.2 Å². The molecular formula is C24H20ClFN8O2. The molecule has 12 heteroatoms. The molecule has 4 heterocycles. The molecule has 1 unspecified atom stereocenters. The van der Waals surface area contributed by atoms with Gasteiger partial charge in [0.15, 0.2) is 5.65 Å². The lowest BCUT2D eigenvalue weighted by Gasteiger charge is -2.14. The van der Waals surface area contributed by atoms with Crippen LogP contribution >= 0.6 is 11.6 Å². The summed E-state index contributed by atoms with van der Waals surface area (Å²) < 4.78 is 18.3. The summed E-state index contributed by atoms with van der Waals surface area (Å²) in [6.07, 6.45) is 3.30. The van der Waals surface area contributed by atoms with Crippen molar-refractivity contribution in [2.75, 3.05) is 5.32 Å². The van der Waals surface area contributed by atoms with Crippen molar-refractivity contribution in [3.05, 3.63) is 83.3 Å². The van der Waals surface area contributed by atoms with Crippen molar-refractivity contribution >= 4 is 35.0 Å². The van der Waals surface area contributed by atoms with Gasteiger partial charge >= 0.3 is 5.97 Å². The number of benzene rings is 1. The number of nitrogens with zero attached hydrogens (tertiary/aromatic N) is 7. The first-order chi connectivity index (χ1) is 17.4. The van der Waals surface area contributed by atoms with Crippen molar-refractivity contribution in [1.29, 1.82) is 0 Å². The molecule has 0 aliphatic rings. The monoisotopic (exact) mass is 506 g/mol. The first kappa shape index (κ1) is 23.4. The van der Waals surface area contributed by atoms with Crippen molar-refractivity contribution < 1.29 is 14.3 Å². The van der Waals surface area contributed by atoms with E-state index in [1.165, 1.54) is 10.5 Å². The van der Waals surface area contributed by atoms with Crippen molar-refractivity contribution in [3.63, 3.8) is 0 Å². The Bertz CT molecular complexity index is 1550. The highest BCUT2D eigenvalue weighted by molar-refractivity contribution is 6.30. The van der Waals surface area contributed by atoms with Crippen LogP contribution in [0.25, 0.3) is 16.9 Å². The van der Waals surface area contributed by atoms with Gasteiger partial charge in [0.25, 0.3) is 0 Å². The first-order valence-electron chi connectivity index (χ1n) is 11.0. The van der Waals surface area contributed by atoms with E-state index in [-0.39, 0.29) is 17.9 Å². The summed E-state index contributed by atoms with van der Waals surface area (Å²) in [7, 11) is 1.78. The zero-order valence-corrected chi connectivity index (χ0v) is 19.8. The van der Waals surface area contributed by atoms with Gasteiger partial charge in [-0.2, -0.15) is 9.49 Å². The van der Waals surface area contributed by atoms with E-state index >= 15 is 4.39 Å². The lowest BCUT2D eigenvalue weighted by Crippen LogP contribution is -2.14. The summed E-state index contributed by atoms with van der Waals surface area (Å²) in [5.74, 6) is -1.00. The molecule has 2 N–H and O–H groups in total. The number of aliphatic carboxylic acids is 1. The van der Waals surface area contributed by atoms with Crippen LogP contribution in [0.15, 0.2) is 60.9 Å². The van der Waals surface area contributed by atoms with E-state index in [2.05, 4.69) is 30.6 Å². The van der Waals surface area contributed by atoms with Crippen LogP contribution in [-0.2, 0) is 18.3 Å². The molecule has 36 heavy (non-hydrogen) atoms. The van der Waals surface area contributed by atoms with Gasteiger partial charge < -0.3 is 10.4 Å². The minimum absolute atomic E-state index is 0.229. The lowest BCUT2D eigenvalue weighted by atomic mass is 9.95. The molecule has 0 fully saturated rings. The van der Waals surface area contributed by atoms with Gasteiger partial charge in [0.05, 0.1) is 18.3 Å². The van der Waals surface area contributed by atoms with Gasteiger partial charge in [0.2, 0.25) is 11.9 Å². The fraction of sp³-hybridized carbons (Fsp3) is 0.167. The number of halogens is 2. The molecule has 5 aromatic rings. The Morgan fingerprint density at radius 2 is 1.94 bits per heavy atom. The molecular weight excluding hydrogens is 487 g/mol. The second kappa shape index (κ2) is 9.70. The number of fused-ring (bicyclic) bond motifs is 1. The minimum Gasteiger partial charge on any atom is -0.481 e. The van der Waals surface area contributed by atoms with Gasteiger partial charge in [0, 0.05) is 41.9 Å². The van der Waals surface area contributed by atoms with Crippen LogP contribution in [0.1, 0.15) is 23.7 Å². The standard InChI is InChI=1S/C24H20ClFN8O2/c1-33-20(7-9-28-33)30-24-27-8-6-18(29-24)15-11-19(26)34-21(12-15)31-32-23(34)16(13-22(35)36)10-14-2-4-17(25)5-3-14/h2-9,11-12,16H,10,13H2,1H3,(H,35,36)(H,27,29,30). The molecule has 0 saturated carbocycles. The maximum atomic E-state index is 15.4. The van der Waals surface area contributed by atoms with Crippen molar-refractivity contribution in [3.8, 4) is 11.3 Å². The summed E-state index contributed by atoms with van der Waals surface area (Å²) in [6.45, 7) is 0. The molecule has 0 aliphatic heterocycles. The molecule has 0 radical (unpaired) electrons. The summed E-state index contributed by atoms with van der Waals surface area (Å²) >= 11 is 5.96. The Labute approximate surface area is 209 Å². The van der Waals surface area contributed by atoms with Gasteiger partial charge in [-0.25, -0.2) is 9.97 Å². The number of rotatable bonds is 8. The molecule has 1 atom stereocenters. The van der Waals surface area contributed by atoms with E-state index in [0.29, 0.717) is 34.5 Å². The van der Waals surface area contributed by atoms with Crippen molar-refractivity contribution in [2.45, 2.75) is 18.8 Å². The van der Waals surface area contributed by atoms with Crippen LogP contribution in [-0.4, -0.2) is 45.4 Å². The average Bonchev–Trinajstić information content (AvgIpc) is 3.46. The number of carboxylic acids is 1. The van der Waals surface area contributed by atoms with E-state index in [1.54, 1.807) is 66.6 Å². The van der Waals surface area contributed by atoms with Crippen LogP contribution in [0.2, 0.25) is 5.02 Å². The molecule has 0 amide bonds. The number of hydrogen-bond acceptors (Lipinski definition) is 7. The van der Waals surface area contributed by atoms with Crippen LogP contribution in [0.4, 0.5) is 16.2 Å². The average molecular weight is 507 g/mol. The molecule has 182 valence electrons. The third-order valence-corrected chi connectivity index (χ3v) is 5.93. The number of hydrogen-bond donors (Lipinski definition) is 2. The third-order valence-electron chi connectivity index (χ3n) is 5.68. The number of aryl methyl sites for hydroxylation is 1. The molecule has 0 spiro atoms. The number of carbonyl (C=O) groups is 1. The van der Waals surface area contributed by atoms with E-state index in [0.717, 1.165) is 5.56 Å². The third kappa shape index (κ3) is 4.86. The molecule has 5 rings (SSSR count). The number of aromatic nitrogens is 7. The highest BCUT2D eigenvalue weighted by atomic mass is 35.5. The Morgan fingerprint density at radius 1 is 1.14 bits per heavy atom. The minimum atomic E-state index is -1.02. The van der Waals surface area contributed by atoms with E-state index in [9.17, 15) is 9.90 Å². The largest absolute Gasteiger partial charge is 0.481 e. The number of nitrogens with one attached hydrogen (secondary N) is 1. The van der Waals surface area contributed by atoms with Crippen molar-refractivity contribution in [1.82, 2.24) is 34.3 Å². The Hall–Kier alpha value is -4.38. The summed E-state index contributed by atoms with van der Waals surface area (Å²) in [4.78, 5) is 20.3. The van der Waals surface area contributed by atoms with Crippen LogP contribution in [0, 0.1) is 5.95 Å². The predicted molar refractivity (Wildman–Crippen MR) is 131 cm³/mol. The molecule has 1 aromatic carbocycles. The molecule has 0 bridgehead atoms. The predicted octanol–water partition coefficient (Wildman–Crippen LogP) is 4.26. The summed E-state index contributed by atoms with van der Waals surface area (Å²) in [5, 5.41) is 25.5. The number of carboxylic acid groups (broad SMARTS) is 1. The van der Waals surface area contributed by atoms with Gasteiger partial charge in [0.1, 0.15) is 11.6 Å². The zero-order valence-electron chi connectivity index (χ0n) is 19.0. The fourth-order valence-corrected chi connectivity index (χ4v) is 4.09. The highest BCUT2D eigenvalue weighted by Crippen LogP contribution is 2.28. The van der Waals surface area contributed by atoms with Gasteiger partial charge in [-0.3, -0.25) is 13.9 Å². The summed E-state index contributed by atoms with van der Waals surface area (Å²) in [6, 6.07) is 13.5. The van der Waals surface area contributed by atoms with Gasteiger partial charge in [-0.1, -0.05) is 23.7 Å². The Kier molecular flexibility index (Phi) is 6.30. The van der Waals surface area contributed by atoms with Crippen LogP contribution < -0.4 is 5.32 Å². The summed E-state index contributed by atoms with van der Waals surface area (Å²) in [5.41, 5.74) is 2.05. The maximum Gasteiger partial charge on any atom is 0.304 e. The lowest BCUT2D eigenvalue weighted by molar-refractivity contribution is -0.137. The second-order valence-corrected chi connectivity index (χ2v) is 8.61. The van der Waals surface area contributed by atoms with Crippen molar-refractivity contribution in [2.24, 2.45) is 7.05 Å². The van der Waals surface area contributed by atoms with E-state index in [1.807, 2.05) is 0 Å². The molecule has 0 saturated heterocycles. The second-order valence-electron chi connectivity index (χ2n) is 8.17. The van der Waals surface area contributed by atoms with Crippen LogP contribution in [0.5, 0.6) is 0 Å². The van der Waals surface area contributed by atoms with Crippen LogP contribution in [0.3, 0.4) is 0 Å². The Balaban J connectivity index is 1.48.